The van der Waals surface area contributed by atoms with Crippen LogP contribution < -0.4 is 10.9 Å². The van der Waals surface area contributed by atoms with Gasteiger partial charge in [0.2, 0.25) is 11.6 Å². The van der Waals surface area contributed by atoms with Crippen molar-refractivity contribution in [1.82, 2.24) is 28.7 Å². The molecule has 2 aromatic heterocycles. The van der Waals surface area contributed by atoms with Crippen molar-refractivity contribution in [3.05, 3.63) is 44.1 Å². The number of nitrogens with zero attached hydrogens (tertiary/aromatic N) is 4. The highest BCUT2D eigenvalue weighted by molar-refractivity contribution is 6.99. The van der Waals surface area contributed by atoms with Gasteiger partial charge in [0.15, 0.2) is 0 Å². The lowest BCUT2D eigenvalue weighted by Crippen LogP contribution is -2.37. The molecule has 9 nitrogen and oxygen atoms in total. The SMILES string of the molecule is CC(C)=C(C)C(=O)N1CCc2c(c(CNC(=O)c3ns[nH]c3=O)nn2C)C1. The maximum atomic E-state index is 12.7. The zero-order valence-corrected chi connectivity index (χ0v) is 16.6. The minimum atomic E-state index is -0.541. The number of amides is 2. The normalized spacial score (nSPS) is 13.3. The van der Waals surface area contributed by atoms with Crippen LogP contribution in [-0.4, -0.2) is 41.8 Å². The lowest BCUT2D eigenvalue weighted by atomic mass is 10.0. The van der Waals surface area contributed by atoms with Gasteiger partial charge in [0, 0.05) is 55.1 Å². The van der Waals surface area contributed by atoms with Crippen LogP contribution in [0.25, 0.3) is 0 Å². The van der Waals surface area contributed by atoms with Gasteiger partial charge in [-0.25, -0.2) is 0 Å². The van der Waals surface area contributed by atoms with Crippen LogP contribution in [0.15, 0.2) is 15.9 Å². The molecule has 3 rings (SSSR count). The highest BCUT2D eigenvalue weighted by Crippen LogP contribution is 2.23. The molecule has 0 radical (unpaired) electrons. The molecule has 0 aliphatic carbocycles. The smallest absolute Gasteiger partial charge is 0.291 e. The number of rotatable bonds is 4. The molecule has 2 amide bonds. The molecule has 1 aliphatic rings. The summed E-state index contributed by atoms with van der Waals surface area (Å²) >= 11 is 0.835. The monoisotopic (exact) mass is 390 g/mol. The minimum absolute atomic E-state index is 0.0218. The molecule has 2 N–H and O–H groups in total. The maximum absolute atomic E-state index is 12.7. The van der Waals surface area contributed by atoms with Gasteiger partial charge in [0.05, 0.1) is 12.2 Å². The number of hydrogen-bond acceptors (Lipinski definition) is 6. The summed E-state index contributed by atoms with van der Waals surface area (Å²) in [4.78, 5) is 38.1. The molecule has 0 atom stereocenters. The highest BCUT2D eigenvalue weighted by Gasteiger charge is 2.27. The van der Waals surface area contributed by atoms with Crippen LogP contribution in [0, 0.1) is 0 Å². The van der Waals surface area contributed by atoms with E-state index in [1.165, 1.54) is 0 Å². The summed E-state index contributed by atoms with van der Waals surface area (Å²) < 4.78 is 7.95. The topological polar surface area (TPSA) is 113 Å². The predicted octanol–water partition coefficient (Wildman–Crippen LogP) is 0.736. The van der Waals surface area contributed by atoms with E-state index in [4.69, 9.17) is 0 Å². The molecule has 144 valence electrons. The minimum Gasteiger partial charge on any atom is -0.345 e. The zero-order valence-electron chi connectivity index (χ0n) is 15.8. The van der Waals surface area contributed by atoms with E-state index in [0.29, 0.717) is 25.2 Å². The van der Waals surface area contributed by atoms with Gasteiger partial charge in [-0.15, -0.1) is 0 Å². The van der Waals surface area contributed by atoms with Crippen LogP contribution in [-0.2, 0) is 31.4 Å². The van der Waals surface area contributed by atoms with Gasteiger partial charge in [-0.3, -0.25) is 23.4 Å². The van der Waals surface area contributed by atoms with E-state index in [-0.39, 0.29) is 18.1 Å². The number of carbonyl (C=O) groups excluding carboxylic acids is 2. The number of fused-ring (bicyclic) bond motifs is 1. The van der Waals surface area contributed by atoms with E-state index in [2.05, 4.69) is 19.2 Å². The van der Waals surface area contributed by atoms with Crippen molar-refractivity contribution in [2.45, 2.75) is 40.3 Å². The van der Waals surface area contributed by atoms with Crippen LogP contribution in [0.4, 0.5) is 0 Å². The first kappa shape index (κ1) is 19.0. The van der Waals surface area contributed by atoms with Crippen molar-refractivity contribution in [2.75, 3.05) is 6.54 Å². The Kier molecular flexibility index (Phi) is 5.26. The van der Waals surface area contributed by atoms with Crippen LogP contribution in [0.1, 0.15) is 48.2 Å². The fourth-order valence-electron chi connectivity index (χ4n) is 3.03. The second kappa shape index (κ2) is 7.47. The number of aromatic nitrogens is 4. The van der Waals surface area contributed by atoms with Gasteiger partial charge in [-0.05, 0) is 20.8 Å². The molecule has 0 saturated heterocycles. The van der Waals surface area contributed by atoms with Crippen LogP contribution in [0.3, 0.4) is 0 Å². The van der Waals surface area contributed by atoms with Gasteiger partial charge in [0.1, 0.15) is 0 Å². The first-order chi connectivity index (χ1) is 12.8. The van der Waals surface area contributed by atoms with Crippen LogP contribution in [0.5, 0.6) is 0 Å². The summed E-state index contributed by atoms with van der Waals surface area (Å²) in [6, 6.07) is 0. The molecule has 0 spiro atoms. The number of nitrogens with one attached hydrogen (secondary N) is 2. The third-order valence-electron chi connectivity index (χ3n) is 4.81. The van der Waals surface area contributed by atoms with Crippen molar-refractivity contribution in [3.63, 3.8) is 0 Å². The Hall–Kier alpha value is -2.75. The lowest BCUT2D eigenvalue weighted by Gasteiger charge is -2.28. The molecule has 2 aromatic rings. The standard InChI is InChI=1S/C17H22N6O3S/c1-9(2)10(3)17(26)23-6-5-13-11(8-23)12(19-22(13)4)7-18-15(24)14-16(25)21-27-20-14/h5-8H2,1-4H3,(H,18,24)(H,21,25). The Morgan fingerprint density at radius 1 is 1.30 bits per heavy atom. The van der Waals surface area contributed by atoms with Gasteiger partial charge in [-0.2, -0.15) is 9.47 Å². The molecule has 27 heavy (non-hydrogen) atoms. The average Bonchev–Trinajstić information content (AvgIpc) is 3.21. The fraction of sp³-hybridized carbons (Fsp3) is 0.471. The Bertz CT molecular complexity index is 979. The van der Waals surface area contributed by atoms with E-state index in [9.17, 15) is 14.4 Å². The summed E-state index contributed by atoms with van der Waals surface area (Å²) in [5, 5.41) is 7.18. The zero-order chi connectivity index (χ0) is 19.7. The number of aromatic amines is 1. The largest absolute Gasteiger partial charge is 0.345 e. The van der Waals surface area contributed by atoms with E-state index >= 15 is 0 Å². The Labute approximate surface area is 160 Å². The average molecular weight is 390 g/mol. The summed E-state index contributed by atoms with van der Waals surface area (Å²) in [5.74, 6) is -0.519. The Balaban J connectivity index is 1.77. The summed E-state index contributed by atoms with van der Waals surface area (Å²) in [7, 11) is 1.86. The summed E-state index contributed by atoms with van der Waals surface area (Å²) in [5.41, 5.74) is 3.80. The van der Waals surface area contributed by atoms with Crippen molar-refractivity contribution < 1.29 is 9.59 Å². The predicted molar refractivity (Wildman–Crippen MR) is 100 cm³/mol. The molecule has 1 aliphatic heterocycles. The Morgan fingerprint density at radius 2 is 2.04 bits per heavy atom. The third-order valence-corrected chi connectivity index (χ3v) is 5.36. The van der Waals surface area contributed by atoms with Gasteiger partial charge in [0.25, 0.3) is 11.5 Å². The van der Waals surface area contributed by atoms with E-state index in [0.717, 1.165) is 34.1 Å². The fourth-order valence-corrected chi connectivity index (χ4v) is 3.51. The van der Waals surface area contributed by atoms with Crippen LogP contribution >= 0.6 is 11.7 Å². The van der Waals surface area contributed by atoms with Gasteiger partial charge < -0.3 is 10.2 Å². The van der Waals surface area contributed by atoms with Gasteiger partial charge >= 0.3 is 0 Å². The Morgan fingerprint density at radius 3 is 2.67 bits per heavy atom. The first-order valence-electron chi connectivity index (χ1n) is 8.59. The molecule has 10 heteroatoms. The van der Waals surface area contributed by atoms with Crippen molar-refractivity contribution in [2.24, 2.45) is 7.05 Å². The molecule has 0 bridgehead atoms. The van der Waals surface area contributed by atoms with E-state index in [1.807, 2.05) is 32.7 Å². The van der Waals surface area contributed by atoms with Crippen molar-refractivity contribution in [1.29, 1.82) is 0 Å². The maximum Gasteiger partial charge on any atom is 0.291 e. The van der Waals surface area contributed by atoms with Crippen LogP contribution in [0.2, 0.25) is 0 Å². The number of H-pyrrole nitrogens is 1. The van der Waals surface area contributed by atoms with Crippen molar-refractivity contribution in [3.8, 4) is 0 Å². The summed E-state index contributed by atoms with van der Waals surface area (Å²) in [6.45, 7) is 6.94. The highest BCUT2D eigenvalue weighted by atomic mass is 32.1. The van der Waals surface area contributed by atoms with Crippen molar-refractivity contribution >= 4 is 23.5 Å². The van der Waals surface area contributed by atoms with Gasteiger partial charge in [-0.1, -0.05) is 5.57 Å². The van der Waals surface area contributed by atoms with E-state index < -0.39 is 11.5 Å². The third kappa shape index (κ3) is 3.70. The number of aryl methyl sites for hydroxylation is 1. The number of allylic oxidation sites excluding steroid dienone is 1. The molecule has 0 saturated carbocycles. The number of carbonyl (C=O) groups is 2. The first-order valence-corrected chi connectivity index (χ1v) is 9.36. The molecular formula is C17H22N6O3S. The molecule has 3 heterocycles. The quantitative estimate of drug-likeness (QED) is 0.748. The molecular weight excluding hydrogens is 368 g/mol. The number of hydrogen-bond donors (Lipinski definition) is 2. The van der Waals surface area contributed by atoms with E-state index in [1.54, 1.807) is 4.68 Å². The second-order valence-electron chi connectivity index (χ2n) is 6.74. The molecule has 0 fully saturated rings. The second-order valence-corrected chi connectivity index (χ2v) is 7.31. The molecule has 0 unspecified atom stereocenters. The lowest BCUT2D eigenvalue weighted by molar-refractivity contribution is -0.128. The summed E-state index contributed by atoms with van der Waals surface area (Å²) in [6.07, 6.45) is 0.709. The molecule has 0 aromatic carbocycles.